The van der Waals surface area contributed by atoms with Gasteiger partial charge >= 0.3 is 0 Å². The molecule has 5 heteroatoms. The normalized spacial score (nSPS) is 11.3. The van der Waals surface area contributed by atoms with Gasteiger partial charge in [-0.25, -0.2) is 9.82 Å². The SMILES string of the molecule is C/C(=N\NC(=O)c1ccc(C)cc1Cl)c1ccc(F)cc1. The van der Waals surface area contributed by atoms with Crippen LogP contribution in [0.1, 0.15) is 28.4 Å². The second-order valence-electron chi connectivity index (χ2n) is 4.63. The predicted octanol–water partition coefficient (Wildman–Crippen LogP) is 3.94. The molecule has 0 bridgehead atoms. The highest BCUT2D eigenvalue weighted by Gasteiger charge is 2.09. The number of rotatable bonds is 3. The third-order valence-electron chi connectivity index (χ3n) is 2.96. The van der Waals surface area contributed by atoms with Crippen LogP contribution in [0.25, 0.3) is 0 Å². The van der Waals surface area contributed by atoms with Gasteiger partial charge in [0.25, 0.3) is 5.91 Å². The van der Waals surface area contributed by atoms with Gasteiger partial charge in [0.2, 0.25) is 0 Å². The van der Waals surface area contributed by atoms with Gasteiger partial charge in [0, 0.05) is 0 Å². The van der Waals surface area contributed by atoms with Crippen LogP contribution in [-0.2, 0) is 0 Å². The second kappa shape index (κ2) is 6.50. The highest BCUT2D eigenvalue weighted by Crippen LogP contribution is 2.17. The molecule has 2 aromatic rings. The Balaban J connectivity index is 2.12. The van der Waals surface area contributed by atoms with Crippen molar-refractivity contribution < 1.29 is 9.18 Å². The van der Waals surface area contributed by atoms with Gasteiger partial charge in [-0.2, -0.15) is 5.10 Å². The first-order valence-corrected chi connectivity index (χ1v) is 6.72. The Morgan fingerprint density at radius 2 is 1.86 bits per heavy atom. The van der Waals surface area contributed by atoms with Gasteiger partial charge in [-0.15, -0.1) is 0 Å². The fourth-order valence-electron chi connectivity index (χ4n) is 1.75. The minimum atomic E-state index is -0.388. The van der Waals surface area contributed by atoms with Crippen LogP contribution in [0.2, 0.25) is 5.02 Å². The van der Waals surface area contributed by atoms with Gasteiger partial charge < -0.3 is 0 Å². The van der Waals surface area contributed by atoms with E-state index in [-0.39, 0.29) is 11.7 Å². The zero-order valence-electron chi connectivity index (χ0n) is 11.7. The Bertz CT molecular complexity index is 696. The number of halogens is 2. The van der Waals surface area contributed by atoms with Gasteiger partial charge in [-0.1, -0.05) is 29.8 Å². The van der Waals surface area contributed by atoms with E-state index in [1.807, 2.05) is 6.92 Å². The van der Waals surface area contributed by atoms with E-state index in [2.05, 4.69) is 10.5 Å². The van der Waals surface area contributed by atoms with Crippen LogP contribution in [0, 0.1) is 12.7 Å². The first-order chi connectivity index (χ1) is 9.97. The average molecular weight is 305 g/mol. The molecule has 1 N–H and O–H groups in total. The Kier molecular flexibility index (Phi) is 4.70. The van der Waals surface area contributed by atoms with Crippen molar-refractivity contribution in [2.75, 3.05) is 0 Å². The standard InChI is InChI=1S/C16H14ClFN2O/c1-10-3-8-14(15(17)9-10)16(21)20-19-11(2)12-4-6-13(18)7-5-12/h3-9H,1-2H3,(H,20,21)/b19-11+. The molecule has 2 rings (SSSR count). The molecule has 0 heterocycles. The molecule has 0 aliphatic heterocycles. The number of benzene rings is 2. The van der Waals surface area contributed by atoms with Gasteiger partial charge in [-0.05, 0) is 49.2 Å². The maximum Gasteiger partial charge on any atom is 0.272 e. The van der Waals surface area contributed by atoms with Crippen LogP contribution >= 0.6 is 11.6 Å². The predicted molar refractivity (Wildman–Crippen MR) is 82.3 cm³/mol. The van der Waals surface area contributed by atoms with E-state index >= 15 is 0 Å². The van der Waals surface area contributed by atoms with Crippen LogP contribution < -0.4 is 5.43 Å². The smallest absolute Gasteiger partial charge is 0.267 e. The summed E-state index contributed by atoms with van der Waals surface area (Å²) in [4.78, 5) is 12.0. The monoisotopic (exact) mass is 304 g/mol. The minimum Gasteiger partial charge on any atom is -0.267 e. The molecule has 0 radical (unpaired) electrons. The molecular weight excluding hydrogens is 291 g/mol. The van der Waals surface area contributed by atoms with Gasteiger partial charge in [-0.3, -0.25) is 4.79 Å². The largest absolute Gasteiger partial charge is 0.272 e. The molecule has 0 fully saturated rings. The summed E-state index contributed by atoms with van der Waals surface area (Å²) in [7, 11) is 0. The summed E-state index contributed by atoms with van der Waals surface area (Å²) >= 11 is 6.02. The van der Waals surface area contributed by atoms with E-state index in [4.69, 9.17) is 11.6 Å². The number of hydrogen-bond acceptors (Lipinski definition) is 2. The number of nitrogens with one attached hydrogen (secondary N) is 1. The first-order valence-electron chi connectivity index (χ1n) is 6.34. The number of amides is 1. The van der Waals surface area contributed by atoms with Crippen LogP contribution in [0.15, 0.2) is 47.6 Å². The molecule has 21 heavy (non-hydrogen) atoms. The highest BCUT2D eigenvalue weighted by molar-refractivity contribution is 6.33. The highest BCUT2D eigenvalue weighted by atomic mass is 35.5. The first kappa shape index (κ1) is 15.2. The van der Waals surface area contributed by atoms with E-state index in [0.29, 0.717) is 16.3 Å². The molecule has 108 valence electrons. The summed E-state index contributed by atoms with van der Waals surface area (Å²) in [6.45, 7) is 3.62. The molecule has 0 unspecified atom stereocenters. The van der Waals surface area contributed by atoms with Crippen LogP contribution in [0.4, 0.5) is 4.39 Å². The molecule has 2 aromatic carbocycles. The zero-order chi connectivity index (χ0) is 15.4. The Labute approximate surface area is 127 Å². The Morgan fingerprint density at radius 1 is 1.19 bits per heavy atom. The number of carbonyl (C=O) groups is 1. The van der Waals surface area contributed by atoms with E-state index in [9.17, 15) is 9.18 Å². The lowest BCUT2D eigenvalue weighted by atomic mass is 10.1. The molecule has 0 aliphatic carbocycles. The fraction of sp³-hybridized carbons (Fsp3) is 0.125. The maximum atomic E-state index is 12.8. The molecule has 0 aromatic heterocycles. The lowest BCUT2D eigenvalue weighted by Crippen LogP contribution is -2.19. The van der Waals surface area contributed by atoms with Crippen molar-refractivity contribution in [3.8, 4) is 0 Å². The molecule has 0 atom stereocenters. The fourth-order valence-corrected chi connectivity index (χ4v) is 2.08. The molecular formula is C16H14ClFN2O. The summed E-state index contributed by atoms with van der Waals surface area (Å²) in [6.07, 6.45) is 0. The second-order valence-corrected chi connectivity index (χ2v) is 5.04. The Hall–Kier alpha value is -2.20. The summed E-state index contributed by atoms with van der Waals surface area (Å²) in [6, 6.07) is 11.0. The number of aryl methyl sites for hydroxylation is 1. The van der Waals surface area contributed by atoms with E-state index in [1.165, 1.54) is 12.1 Å². The van der Waals surface area contributed by atoms with Crippen molar-refractivity contribution >= 4 is 23.2 Å². The lowest BCUT2D eigenvalue weighted by molar-refractivity contribution is 0.0955. The van der Waals surface area contributed by atoms with E-state index < -0.39 is 0 Å². The summed E-state index contributed by atoms with van der Waals surface area (Å²) in [5.41, 5.74) is 5.08. The Morgan fingerprint density at radius 3 is 2.48 bits per heavy atom. The van der Waals surface area contributed by atoms with E-state index in [1.54, 1.807) is 37.3 Å². The van der Waals surface area contributed by atoms with Gasteiger partial charge in [0.1, 0.15) is 5.82 Å². The maximum absolute atomic E-state index is 12.8. The van der Waals surface area contributed by atoms with Gasteiger partial charge in [0.15, 0.2) is 0 Å². The third kappa shape index (κ3) is 3.89. The molecule has 0 saturated heterocycles. The topological polar surface area (TPSA) is 41.5 Å². The number of hydrazone groups is 1. The van der Waals surface area contributed by atoms with E-state index in [0.717, 1.165) is 11.1 Å². The molecule has 0 saturated carbocycles. The molecule has 0 spiro atoms. The average Bonchev–Trinajstić information content (AvgIpc) is 2.45. The zero-order valence-corrected chi connectivity index (χ0v) is 12.4. The van der Waals surface area contributed by atoms with Crippen molar-refractivity contribution in [1.82, 2.24) is 5.43 Å². The lowest BCUT2D eigenvalue weighted by Gasteiger charge is -2.05. The molecule has 1 amide bonds. The van der Waals surface area contributed by atoms with Crippen molar-refractivity contribution in [1.29, 1.82) is 0 Å². The van der Waals surface area contributed by atoms with Crippen LogP contribution in [0.5, 0.6) is 0 Å². The van der Waals surface area contributed by atoms with Crippen molar-refractivity contribution in [3.63, 3.8) is 0 Å². The number of nitrogens with zero attached hydrogens (tertiary/aromatic N) is 1. The van der Waals surface area contributed by atoms with Crippen LogP contribution in [-0.4, -0.2) is 11.6 Å². The third-order valence-corrected chi connectivity index (χ3v) is 3.27. The van der Waals surface area contributed by atoms with Crippen molar-refractivity contribution in [2.24, 2.45) is 5.10 Å². The number of hydrogen-bond donors (Lipinski definition) is 1. The summed E-state index contributed by atoms with van der Waals surface area (Å²) in [5, 5.41) is 4.38. The quantitative estimate of drug-likeness (QED) is 0.677. The summed E-state index contributed by atoms with van der Waals surface area (Å²) < 4.78 is 12.8. The van der Waals surface area contributed by atoms with Crippen molar-refractivity contribution in [2.45, 2.75) is 13.8 Å². The number of carbonyl (C=O) groups excluding carboxylic acids is 1. The molecule has 0 aliphatic rings. The molecule has 3 nitrogen and oxygen atoms in total. The summed E-state index contributed by atoms with van der Waals surface area (Å²) in [5.74, 6) is -0.705. The van der Waals surface area contributed by atoms with Crippen LogP contribution in [0.3, 0.4) is 0 Å². The van der Waals surface area contributed by atoms with Gasteiger partial charge in [0.05, 0.1) is 16.3 Å². The minimum absolute atomic E-state index is 0.318. The van der Waals surface area contributed by atoms with Crippen molar-refractivity contribution in [3.05, 3.63) is 70.0 Å².